The molecule has 0 amide bonds. The first-order valence-corrected chi connectivity index (χ1v) is 9.09. The Bertz CT molecular complexity index is 729. The number of nitrogens with zero attached hydrogens (tertiary/aromatic N) is 1. The van der Waals surface area contributed by atoms with Crippen LogP contribution in [0.15, 0.2) is 46.9 Å². The average Bonchev–Trinajstić information content (AvgIpc) is 3.22. The normalized spacial score (nSPS) is 22.0. The Hall–Kier alpha value is -1.27. The van der Waals surface area contributed by atoms with E-state index in [-0.39, 0.29) is 12.4 Å². The largest absolute Gasteiger partial charge is 0.454 e. The highest BCUT2D eigenvalue weighted by Crippen LogP contribution is 2.39. The lowest BCUT2D eigenvalue weighted by Crippen LogP contribution is -2.23. The maximum atomic E-state index is 6.05. The van der Waals surface area contributed by atoms with Crippen molar-refractivity contribution in [1.29, 1.82) is 0 Å². The highest BCUT2D eigenvalue weighted by Gasteiger charge is 2.33. The van der Waals surface area contributed by atoms with Gasteiger partial charge in [-0.3, -0.25) is 4.90 Å². The minimum absolute atomic E-state index is 0. The molecule has 0 aromatic heterocycles. The van der Waals surface area contributed by atoms with Crippen molar-refractivity contribution < 1.29 is 9.47 Å². The van der Waals surface area contributed by atoms with Crippen LogP contribution in [0.3, 0.4) is 0 Å². The van der Waals surface area contributed by atoms with Crippen LogP contribution in [0.4, 0.5) is 0 Å². The van der Waals surface area contributed by atoms with Gasteiger partial charge in [0.25, 0.3) is 0 Å². The molecule has 25 heavy (non-hydrogen) atoms. The molecule has 0 unspecified atom stereocenters. The Morgan fingerprint density at radius 3 is 2.52 bits per heavy atom. The molecule has 4 nitrogen and oxygen atoms in total. The van der Waals surface area contributed by atoms with Crippen LogP contribution in [0.2, 0.25) is 0 Å². The van der Waals surface area contributed by atoms with Crippen LogP contribution in [0.5, 0.6) is 11.5 Å². The molecule has 2 aliphatic rings. The van der Waals surface area contributed by atoms with E-state index in [1.165, 1.54) is 11.1 Å². The maximum Gasteiger partial charge on any atom is 0.231 e. The molecular formula is C19H22BrClN2O2. The molecule has 1 fully saturated rings. The molecule has 2 heterocycles. The van der Waals surface area contributed by atoms with Crippen molar-refractivity contribution in [3.8, 4) is 11.5 Å². The standard InChI is InChI=1S/C19H21BrN2O2.ClH/c20-17-7-19-18(23-12-24-19)6-14(17)9-22-10-15(8-21)16(11-22)13-4-2-1-3-5-13;/h1-7,15-16H,8-12,21H2;1H/t15-,16+;/m1./s1. The Labute approximate surface area is 162 Å². The summed E-state index contributed by atoms with van der Waals surface area (Å²) >= 11 is 3.66. The van der Waals surface area contributed by atoms with Gasteiger partial charge in [-0.05, 0) is 35.7 Å². The van der Waals surface area contributed by atoms with Crippen LogP contribution in [0.25, 0.3) is 0 Å². The molecule has 0 bridgehead atoms. The van der Waals surface area contributed by atoms with E-state index in [1.807, 2.05) is 6.07 Å². The summed E-state index contributed by atoms with van der Waals surface area (Å²) in [7, 11) is 0. The molecule has 1 saturated heterocycles. The minimum atomic E-state index is 0. The zero-order chi connectivity index (χ0) is 16.5. The smallest absolute Gasteiger partial charge is 0.231 e. The Kier molecular flexibility index (Phi) is 5.89. The third-order valence-electron chi connectivity index (χ3n) is 4.98. The zero-order valence-electron chi connectivity index (χ0n) is 13.9. The van der Waals surface area contributed by atoms with Gasteiger partial charge in [-0.1, -0.05) is 46.3 Å². The molecule has 2 aliphatic heterocycles. The van der Waals surface area contributed by atoms with Gasteiger partial charge in [0, 0.05) is 30.0 Å². The van der Waals surface area contributed by atoms with E-state index >= 15 is 0 Å². The topological polar surface area (TPSA) is 47.7 Å². The van der Waals surface area contributed by atoms with Crippen molar-refractivity contribution in [2.24, 2.45) is 11.7 Å². The Morgan fingerprint density at radius 1 is 1.08 bits per heavy atom. The van der Waals surface area contributed by atoms with Gasteiger partial charge >= 0.3 is 0 Å². The summed E-state index contributed by atoms with van der Waals surface area (Å²) in [6.45, 7) is 3.97. The molecule has 2 N–H and O–H groups in total. The second-order valence-corrected chi connectivity index (χ2v) is 7.36. The molecule has 2 atom stereocenters. The summed E-state index contributed by atoms with van der Waals surface area (Å²) in [6, 6.07) is 14.8. The van der Waals surface area contributed by atoms with E-state index in [0.717, 1.165) is 42.2 Å². The van der Waals surface area contributed by atoms with Gasteiger partial charge in [0.15, 0.2) is 11.5 Å². The lowest BCUT2D eigenvalue weighted by Gasteiger charge is -2.17. The number of benzene rings is 2. The van der Waals surface area contributed by atoms with Crippen molar-refractivity contribution >= 4 is 28.3 Å². The predicted octanol–water partition coefficient (Wildman–Crippen LogP) is 3.77. The van der Waals surface area contributed by atoms with E-state index in [4.69, 9.17) is 15.2 Å². The van der Waals surface area contributed by atoms with E-state index < -0.39 is 0 Å². The first kappa shape index (κ1) is 18.5. The first-order valence-electron chi connectivity index (χ1n) is 8.30. The number of halogens is 2. The van der Waals surface area contributed by atoms with Crippen molar-refractivity contribution in [2.45, 2.75) is 12.5 Å². The highest BCUT2D eigenvalue weighted by molar-refractivity contribution is 9.10. The Morgan fingerprint density at radius 2 is 1.80 bits per heavy atom. The van der Waals surface area contributed by atoms with Gasteiger partial charge in [0.1, 0.15) is 0 Å². The van der Waals surface area contributed by atoms with Gasteiger partial charge in [-0.15, -0.1) is 12.4 Å². The van der Waals surface area contributed by atoms with Crippen LogP contribution < -0.4 is 15.2 Å². The molecular weight excluding hydrogens is 404 g/mol. The fourth-order valence-electron chi connectivity index (χ4n) is 3.73. The Balaban J connectivity index is 0.00000182. The highest BCUT2D eigenvalue weighted by atomic mass is 79.9. The van der Waals surface area contributed by atoms with Gasteiger partial charge in [0.05, 0.1) is 0 Å². The van der Waals surface area contributed by atoms with E-state index in [9.17, 15) is 0 Å². The van der Waals surface area contributed by atoms with Crippen molar-refractivity contribution in [3.63, 3.8) is 0 Å². The quantitative estimate of drug-likeness (QED) is 0.810. The fraction of sp³-hybridized carbons (Fsp3) is 0.368. The molecule has 4 rings (SSSR count). The third-order valence-corrected chi connectivity index (χ3v) is 5.72. The SMILES string of the molecule is Cl.NC[C@@H]1CN(Cc2cc3c(cc2Br)OCO3)C[C@H]1c1ccccc1. The lowest BCUT2D eigenvalue weighted by molar-refractivity contribution is 0.174. The number of fused-ring (bicyclic) bond motifs is 1. The van der Waals surface area contributed by atoms with Gasteiger partial charge in [0.2, 0.25) is 6.79 Å². The molecule has 134 valence electrons. The summed E-state index contributed by atoms with van der Waals surface area (Å²) in [4.78, 5) is 2.48. The number of rotatable bonds is 4. The van der Waals surface area contributed by atoms with Crippen LogP contribution in [-0.4, -0.2) is 31.3 Å². The molecule has 2 aromatic carbocycles. The van der Waals surface area contributed by atoms with E-state index in [0.29, 0.717) is 18.6 Å². The van der Waals surface area contributed by atoms with Gasteiger partial charge in [-0.25, -0.2) is 0 Å². The summed E-state index contributed by atoms with van der Waals surface area (Å²) in [5, 5.41) is 0. The number of hydrogen-bond acceptors (Lipinski definition) is 4. The monoisotopic (exact) mass is 424 g/mol. The number of likely N-dealkylation sites (tertiary alicyclic amines) is 1. The van der Waals surface area contributed by atoms with Crippen LogP contribution in [0, 0.1) is 5.92 Å². The van der Waals surface area contributed by atoms with Crippen molar-refractivity contribution in [2.75, 3.05) is 26.4 Å². The second kappa shape index (κ2) is 7.96. The van der Waals surface area contributed by atoms with Crippen molar-refractivity contribution in [1.82, 2.24) is 4.90 Å². The zero-order valence-corrected chi connectivity index (χ0v) is 16.3. The third kappa shape index (κ3) is 3.80. The summed E-state index contributed by atoms with van der Waals surface area (Å²) in [5.74, 6) is 2.65. The first-order chi connectivity index (χ1) is 11.7. The van der Waals surface area contributed by atoms with Crippen molar-refractivity contribution in [3.05, 3.63) is 58.1 Å². The summed E-state index contributed by atoms with van der Waals surface area (Å²) < 4.78 is 12.0. The molecule has 0 aliphatic carbocycles. The predicted molar refractivity (Wildman–Crippen MR) is 105 cm³/mol. The molecule has 0 spiro atoms. The summed E-state index contributed by atoms with van der Waals surface area (Å²) in [6.07, 6.45) is 0. The molecule has 2 aromatic rings. The fourth-order valence-corrected chi connectivity index (χ4v) is 4.18. The van der Waals surface area contributed by atoms with Crippen LogP contribution in [0.1, 0.15) is 17.0 Å². The number of ether oxygens (including phenoxy) is 2. The number of nitrogens with two attached hydrogens (primary N) is 1. The van der Waals surface area contributed by atoms with E-state index in [1.54, 1.807) is 0 Å². The lowest BCUT2D eigenvalue weighted by atomic mass is 9.89. The van der Waals surface area contributed by atoms with Crippen LogP contribution >= 0.6 is 28.3 Å². The minimum Gasteiger partial charge on any atom is -0.454 e. The summed E-state index contributed by atoms with van der Waals surface area (Å²) in [5.41, 5.74) is 8.66. The second-order valence-electron chi connectivity index (χ2n) is 6.50. The van der Waals surface area contributed by atoms with Crippen LogP contribution in [-0.2, 0) is 6.54 Å². The number of hydrogen-bond donors (Lipinski definition) is 1. The maximum absolute atomic E-state index is 6.05. The molecule has 0 saturated carbocycles. The van der Waals surface area contributed by atoms with Gasteiger partial charge in [-0.2, -0.15) is 0 Å². The van der Waals surface area contributed by atoms with Gasteiger partial charge < -0.3 is 15.2 Å². The average molecular weight is 426 g/mol. The molecule has 6 heteroatoms. The molecule has 0 radical (unpaired) electrons. The van der Waals surface area contributed by atoms with E-state index in [2.05, 4.69) is 57.2 Å².